The van der Waals surface area contributed by atoms with Gasteiger partial charge >= 0.3 is 0 Å². The maximum Gasteiger partial charge on any atom is 0.211 e. The van der Waals surface area contributed by atoms with Crippen LogP contribution < -0.4 is 0 Å². The van der Waals surface area contributed by atoms with Crippen LogP contribution in [0.25, 0.3) is 0 Å². The van der Waals surface area contributed by atoms with E-state index >= 15 is 0 Å². The van der Waals surface area contributed by atoms with E-state index in [-0.39, 0.29) is 6.04 Å². The van der Waals surface area contributed by atoms with Crippen LogP contribution in [-0.4, -0.2) is 79.2 Å². The molecule has 2 aliphatic heterocycles. The second kappa shape index (κ2) is 9.03. The molecule has 0 N–H and O–H groups in total. The van der Waals surface area contributed by atoms with E-state index in [2.05, 4.69) is 15.0 Å². The fourth-order valence-corrected chi connectivity index (χ4v) is 5.61. The summed E-state index contributed by atoms with van der Waals surface area (Å²) in [7, 11) is -3.20. The molecular weight excluding hydrogens is 364 g/mol. The average molecular weight is 399 g/mol. The number of hydrogen-bond acceptors (Lipinski definition) is 6. The van der Waals surface area contributed by atoms with Crippen molar-refractivity contribution in [3.63, 3.8) is 0 Å². The molecule has 3 rings (SSSR count). The molecule has 1 aromatic heterocycles. The van der Waals surface area contributed by atoms with Crippen molar-refractivity contribution in [3.8, 4) is 0 Å². The summed E-state index contributed by atoms with van der Waals surface area (Å²) in [6, 6.07) is 0.0628. The second-order valence-electron chi connectivity index (χ2n) is 8.11. The molecule has 2 aliphatic rings. The average Bonchev–Trinajstić information content (AvgIpc) is 3.23. The highest BCUT2D eigenvalue weighted by molar-refractivity contribution is 7.88. The van der Waals surface area contributed by atoms with Crippen molar-refractivity contribution in [2.24, 2.45) is 0 Å². The SMILES string of the molecule is Cc1noc(C)c1CN1CCCC(N(CCCN2CCCC2)S(C)(=O)=O)C1. The number of nitrogens with zero attached hydrogens (tertiary/aromatic N) is 4. The van der Waals surface area contributed by atoms with Crippen LogP contribution >= 0.6 is 0 Å². The number of aryl methyl sites for hydroxylation is 2. The van der Waals surface area contributed by atoms with Crippen molar-refractivity contribution in [2.75, 3.05) is 45.5 Å². The smallest absolute Gasteiger partial charge is 0.211 e. The lowest BCUT2D eigenvalue weighted by atomic mass is 10.0. The summed E-state index contributed by atoms with van der Waals surface area (Å²) in [5.41, 5.74) is 2.07. The summed E-state index contributed by atoms with van der Waals surface area (Å²) >= 11 is 0. The van der Waals surface area contributed by atoms with Gasteiger partial charge in [0.2, 0.25) is 10.0 Å². The van der Waals surface area contributed by atoms with E-state index in [4.69, 9.17) is 4.52 Å². The van der Waals surface area contributed by atoms with Gasteiger partial charge < -0.3 is 9.42 Å². The number of hydrogen-bond donors (Lipinski definition) is 0. The molecule has 2 saturated heterocycles. The normalized spacial score (nSPS) is 22.7. The largest absolute Gasteiger partial charge is 0.361 e. The van der Waals surface area contributed by atoms with Gasteiger partial charge in [-0.3, -0.25) is 4.90 Å². The Morgan fingerprint density at radius 1 is 1.15 bits per heavy atom. The minimum absolute atomic E-state index is 0.0628. The van der Waals surface area contributed by atoms with E-state index in [0.717, 1.165) is 75.5 Å². The zero-order valence-electron chi connectivity index (χ0n) is 17.0. The molecule has 154 valence electrons. The Hall–Kier alpha value is -0.960. The Morgan fingerprint density at radius 3 is 2.48 bits per heavy atom. The lowest BCUT2D eigenvalue weighted by Gasteiger charge is -2.38. The standard InChI is InChI=1S/C19H34N4O3S/c1-16-19(17(2)26-20-16)15-22-11-6-8-18(14-22)23(27(3,24)25)13-7-12-21-9-4-5-10-21/h18H,4-15H2,1-3H3. The minimum atomic E-state index is -3.20. The van der Waals surface area contributed by atoms with E-state index in [1.807, 2.05) is 13.8 Å². The molecule has 1 atom stereocenters. The fraction of sp³-hybridized carbons (Fsp3) is 0.842. The molecule has 8 heteroatoms. The van der Waals surface area contributed by atoms with E-state index in [1.165, 1.54) is 19.1 Å². The van der Waals surface area contributed by atoms with Crippen LogP contribution in [-0.2, 0) is 16.6 Å². The predicted octanol–water partition coefficient (Wildman–Crippen LogP) is 2.00. The van der Waals surface area contributed by atoms with Crippen LogP contribution in [0, 0.1) is 13.8 Å². The monoisotopic (exact) mass is 398 g/mol. The number of likely N-dealkylation sites (tertiary alicyclic amines) is 2. The van der Waals surface area contributed by atoms with Gasteiger partial charge in [0.05, 0.1) is 11.9 Å². The summed E-state index contributed by atoms with van der Waals surface area (Å²) in [5, 5.41) is 4.04. The van der Waals surface area contributed by atoms with E-state index < -0.39 is 10.0 Å². The predicted molar refractivity (Wildman–Crippen MR) is 106 cm³/mol. The molecule has 0 spiro atoms. The van der Waals surface area contributed by atoms with Crippen LogP contribution in [0.3, 0.4) is 0 Å². The van der Waals surface area contributed by atoms with Crippen molar-refractivity contribution >= 4 is 10.0 Å². The van der Waals surface area contributed by atoms with Gasteiger partial charge in [0.15, 0.2) is 0 Å². The van der Waals surface area contributed by atoms with E-state index in [9.17, 15) is 8.42 Å². The first-order chi connectivity index (χ1) is 12.8. The van der Waals surface area contributed by atoms with Gasteiger partial charge in [0.25, 0.3) is 0 Å². The van der Waals surface area contributed by atoms with Crippen molar-refractivity contribution in [1.29, 1.82) is 0 Å². The number of piperidine rings is 1. The molecule has 0 amide bonds. The van der Waals surface area contributed by atoms with Crippen LogP contribution in [0.4, 0.5) is 0 Å². The molecule has 2 fully saturated rings. The molecule has 3 heterocycles. The molecule has 1 unspecified atom stereocenters. The zero-order valence-corrected chi connectivity index (χ0v) is 17.8. The Kier molecular flexibility index (Phi) is 6.94. The quantitative estimate of drug-likeness (QED) is 0.667. The lowest BCUT2D eigenvalue weighted by Crippen LogP contribution is -2.50. The van der Waals surface area contributed by atoms with Gasteiger partial charge in [-0.25, -0.2) is 8.42 Å². The highest BCUT2D eigenvalue weighted by Crippen LogP contribution is 2.23. The topological polar surface area (TPSA) is 69.9 Å². The number of aromatic nitrogens is 1. The van der Waals surface area contributed by atoms with Crippen molar-refractivity contribution < 1.29 is 12.9 Å². The molecule has 0 bridgehead atoms. The highest BCUT2D eigenvalue weighted by Gasteiger charge is 2.31. The summed E-state index contributed by atoms with van der Waals surface area (Å²) in [6.07, 6.45) is 6.77. The summed E-state index contributed by atoms with van der Waals surface area (Å²) in [4.78, 5) is 4.80. The van der Waals surface area contributed by atoms with Crippen LogP contribution in [0.15, 0.2) is 4.52 Å². The Morgan fingerprint density at radius 2 is 1.85 bits per heavy atom. The third-order valence-corrected chi connectivity index (χ3v) is 7.26. The zero-order chi connectivity index (χ0) is 19.4. The van der Waals surface area contributed by atoms with E-state index in [0.29, 0.717) is 6.54 Å². The second-order valence-corrected chi connectivity index (χ2v) is 10.0. The van der Waals surface area contributed by atoms with Gasteiger partial charge in [-0.15, -0.1) is 0 Å². The fourth-order valence-electron chi connectivity index (χ4n) is 4.44. The first-order valence-electron chi connectivity index (χ1n) is 10.2. The van der Waals surface area contributed by atoms with Crippen LogP contribution in [0.2, 0.25) is 0 Å². The van der Waals surface area contributed by atoms with E-state index in [1.54, 1.807) is 4.31 Å². The number of sulfonamides is 1. The lowest BCUT2D eigenvalue weighted by molar-refractivity contribution is 0.139. The van der Waals surface area contributed by atoms with Gasteiger partial charge in [-0.05, 0) is 72.1 Å². The molecule has 0 saturated carbocycles. The maximum absolute atomic E-state index is 12.5. The maximum atomic E-state index is 12.5. The Labute approximate surface area is 163 Å². The Balaban J connectivity index is 1.59. The Bertz CT molecular complexity index is 693. The third kappa shape index (κ3) is 5.53. The first-order valence-corrected chi connectivity index (χ1v) is 12.0. The van der Waals surface area contributed by atoms with Crippen LogP contribution in [0.1, 0.15) is 49.1 Å². The van der Waals surface area contributed by atoms with Crippen molar-refractivity contribution in [1.82, 2.24) is 19.3 Å². The number of rotatable bonds is 8. The van der Waals surface area contributed by atoms with Crippen molar-refractivity contribution in [2.45, 2.75) is 58.5 Å². The van der Waals surface area contributed by atoms with Crippen LogP contribution in [0.5, 0.6) is 0 Å². The van der Waals surface area contributed by atoms with Gasteiger partial charge in [-0.2, -0.15) is 4.31 Å². The van der Waals surface area contributed by atoms with Gasteiger partial charge in [0.1, 0.15) is 5.76 Å². The summed E-state index contributed by atoms with van der Waals surface area (Å²) < 4.78 is 31.9. The molecular formula is C19H34N4O3S. The summed E-state index contributed by atoms with van der Waals surface area (Å²) in [5.74, 6) is 0.861. The van der Waals surface area contributed by atoms with Crippen molar-refractivity contribution in [3.05, 3.63) is 17.0 Å². The molecule has 27 heavy (non-hydrogen) atoms. The minimum Gasteiger partial charge on any atom is -0.361 e. The molecule has 0 radical (unpaired) electrons. The molecule has 0 aromatic carbocycles. The van der Waals surface area contributed by atoms with Gasteiger partial charge in [-0.1, -0.05) is 5.16 Å². The summed E-state index contributed by atoms with van der Waals surface area (Å²) in [6.45, 7) is 10.4. The third-order valence-electron chi connectivity index (χ3n) is 5.93. The first kappa shape index (κ1) is 20.8. The van der Waals surface area contributed by atoms with Gasteiger partial charge in [0, 0.05) is 31.2 Å². The molecule has 7 nitrogen and oxygen atoms in total. The molecule has 1 aromatic rings. The highest BCUT2D eigenvalue weighted by atomic mass is 32.2. The molecule has 0 aliphatic carbocycles.